The minimum Gasteiger partial charge on any atom is -0.368 e. The van der Waals surface area contributed by atoms with E-state index in [-0.39, 0.29) is 21.8 Å². The summed E-state index contributed by atoms with van der Waals surface area (Å²) in [6, 6.07) is 10.1. The van der Waals surface area contributed by atoms with Crippen LogP contribution in [0.5, 0.6) is 0 Å². The predicted octanol–water partition coefficient (Wildman–Crippen LogP) is 3.60. The van der Waals surface area contributed by atoms with Crippen molar-refractivity contribution in [2.24, 2.45) is 0 Å². The number of benzene rings is 2. The zero-order valence-corrected chi connectivity index (χ0v) is 16.1. The Morgan fingerprint density at radius 1 is 1.04 bits per heavy atom. The number of nitrogens with two attached hydrogens (primary N) is 1. The molecule has 0 spiro atoms. The van der Waals surface area contributed by atoms with Gasteiger partial charge in [0.15, 0.2) is 21.5 Å². The molecule has 3 N–H and O–H groups in total. The molecule has 28 heavy (non-hydrogen) atoms. The van der Waals surface area contributed by atoms with Crippen molar-refractivity contribution in [3.8, 4) is 0 Å². The van der Waals surface area contributed by atoms with Crippen LogP contribution in [0.25, 0.3) is 0 Å². The number of nitrogens with one attached hydrogen (secondary N) is 1. The highest BCUT2D eigenvalue weighted by atomic mass is 35.5. The van der Waals surface area contributed by atoms with Gasteiger partial charge in [0.1, 0.15) is 11.0 Å². The number of hydrogen-bond donors (Lipinski definition) is 2. The molecule has 0 aliphatic carbocycles. The summed E-state index contributed by atoms with van der Waals surface area (Å²) in [5.74, 6) is -1.88. The molecule has 3 rings (SSSR count). The second-order valence-electron chi connectivity index (χ2n) is 6.03. The minimum atomic E-state index is -3.47. The molecule has 3 aromatic rings. The first kappa shape index (κ1) is 20.0. The van der Waals surface area contributed by atoms with Gasteiger partial charge in [0.05, 0.1) is 10.9 Å². The third-order valence-electron chi connectivity index (χ3n) is 3.90. The monoisotopic (exact) mass is 424 g/mol. The number of halogens is 3. The quantitative estimate of drug-likeness (QED) is 0.607. The second-order valence-corrected chi connectivity index (χ2v) is 8.43. The number of anilines is 2. The van der Waals surface area contributed by atoms with Gasteiger partial charge in [-0.05, 0) is 35.4 Å². The van der Waals surface area contributed by atoms with E-state index in [1.54, 1.807) is 12.1 Å². The summed E-state index contributed by atoms with van der Waals surface area (Å²) in [7, 11) is -3.47. The number of rotatable bonds is 5. The Hall–Kier alpha value is -2.78. The van der Waals surface area contributed by atoms with E-state index in [1.807, 2.05) is 0 Å². The molecule has 146 valence electrons. The summed E-state index contributed by atoms with van der Waals surface area (Å²) < 4.78 is 51.0. The lowest BCUT2D eigenvalue weighted by Gasteiger charge is -2.21. The number of nitrogens with zero attached hydrogens (tertiary/aromatic N) is 2. The van der Waals surface area contributed by atoms with Crippen molar-refractivity contribution in [3.63, 3.8) is 0 Å². The van der Waals surface area contributed by atoms with E-state index in [0.717, 1.165) is 18.4 Å². The zero-order chi connectivity index (χ0) is 20.5. The molecule has 1 atom stereocenters. The fourth-order valence-corrected chi connectivity index (χ4v) is 3.50. The first-order chi connectivity index (χ1) is 13.1. The van der Waals surface area contributed by atoms with E-state index in [9.17, 15) is 17.2 Å². The summed E-state index contributed by atoms with van der Waals surface area (Å²) in [6.07, 6.45) is 1.08. The molecule has 0 saturated heterocycles. The lowest BCUT2D eigenvalue weighted by molar-refractivity contribution is 0.506. The standard InChI is InChI=1S/C18H15ClF2N4O2S/c1-28(26,27)12-4-2-3-10(7-12)17(11-5-6-13(20)14(21)8-11)24-16-9-15(19)23-18(22)25-16/h2-9,17H,1H3,(H3,22,23,24,25). The molecule has 0 bridgehead atoms. The first-order valence-electron chi connectivity index (χ1n) is 7.95. The van der Waals surface area contributed by atoms with Crippen molar-refractivity contribution >= 4 is 33.2 Å². The molecule has 0 aliphatic rings. The fraction of sp³-hybridized carbons (Fsp3) is 0.111. The van der Waals surface area contributed by atoms with E-state index in [2.05, 4.69) is 15.3 Å². The van der Waals surface area contributed by atoms with E-state index >= 15 is 0 Å². The third kappa shape index (κ3) is 4.55. The van der Waals surface area contributed by atoms with Crippen molar-refractivity contribution in [3.05, 3.63) is 76.4 Å². The molecule has 0 aliphatic heterocycles. The van der Waals surface area contributed by atoms with Crippen molar-refractivity contribution in [1.82, 2.24) is 9.97 Å². The normalized spacial score (nSPS) is 12.6. The van der Waals surface area contributed by atoms with Gasteiger partial charge in [-0.2, -0.15) is 4.98 Å². The average molecular weight is 425 g/mol. The van der Waals surface area contributed by atoms with Gasteiger partial charge in [0, 0.05) is 12.3 Å². The molecule has 1 unspecified atom stereocenters. The summed E-state index contributed by atoms with van der Waals surface area (Å²) in [4.78, 5) is 7.87. The van der Waals surface area contributed by atoms with E-state index in [4.69, 9.17) is 17.3 Å². The highest BCUT2D eigenvalue weighted by Crippen LogP contribution is 2.29. The van der Waals surface area contributed by atoms with Crippen LogP contribution in [0.3, 0.4) is 0 Å². The highest BCUT2D eigenvalue weighted by molar-refractivity contribution is 7.90. The first-order valence-corrected chi connectivity index (χ1v) is 10.2. The summed E-state index contributed by atoms with van der Waals surface area (Å²) in [5, 5.41) is 3.11. The Bertz CT molecular complexity index is 1120. The maximum Gasteiger partial charge on any atom is 0.223 e. The smallest absolute Gasteiger partial charge is 0.223 e. The van der Waals surface area contributed by atoms with Crippen LogP contribution >= 0.6 is 11.6 Å². The molecular weight excluding hydrogens is 410 g/mol. The van der Waals surface area contributed by atoms with Gasteiger partial charge < -0.3 is 11.1 Å². The molecule has 1 heterocycles. The number of hydrogen-bond acceptors (Lipinski definition) is 6. The second kappa shape index (κ2) is 7.69. The van der Waals surface area contributed by atoms with Crippen LogP contribution in [0.1, 0.15) is 17.2 Å². The maximum atomic E-state index is 13.8. The molecule has 0 fully saturated rings. The van der Waals surface area contributed by atoms with Gasteiger partial charge in [-0.25, -0.2) is 22.2 Å². The van der Waals surface area contributed by atoms with Gasteiger partial charge in [0.2, 0.25) is 5.95 Å². The molecular formula is C18H15ClF2N4O2S. The Morgan fingerprint density at radius 3 is 2.39 bits per heavy atom. The SMILES string of the molecule is CS(=O)(=O)c1cccc(C(Nc2cc(Cl)nc(N)n2)c2ccc(F)c(F)c2)c1. The van der Waals surface area contributed by atoms with Gasteiger partial charge in [-0.15, -0.1) is 0 Å². The Morgan fingerprint density at radius 2 is 1.75 bits per heavy atom. The number of aromatic nitrogens is 2. The van der Waals surface area contributed by atoms with E-state index in [1.165, 1.54) is 24.3 Å². The molecule has 2 aromatic carbocycles. The van der Waals surface area contributed by atoms with Crippen LogP contribution in [0.15, 0.2) is 53.4 Å². The van der Waals surface area contributed by atoms with Crippen molar-refractivity contribution in [2.75, 3.05) is 17.3 Å². The van der Waals surface area contributed by atoms with Crippen LogP contribution in [0.2, 0.25) is 5.15 Å². The van der Waals surface area contributed by atoms with E-state index in [0.29, 0.717) is 11.1 Å². The molecule has 0 saturated carbocycles. The molecule has 0 amide bonds. The van der Waals surface area contributed by atoms with Crippen LogP contribution < -0.4 is 11.1 Å². The predicted molar refractivity (Wildman–Crippen MR) is 103 cm³/mol. The van der Waals surface area contributed by atoms with Gasteiger partial charge in [-0.3, -0.25) is 0 Å². The third-order valence-corrected chi connectivity index (χ3v) is 5.20. The van der Waals surface area contributed by atoms with Crippen molar-refractivity contribution in [2.45, 2.75) is 10.9 Å². The molecule has 6 nitrogen and oxygen atoms in total. The van der Waals surface area contributed by atoms with Gasteiger partial charge >= 0.3 is 0 Å². The van der Waals surface area contributed by atoms with Crippen molar-refractivity contribution in [1.29, 1.82) is 0 Å². The Balaban J connectivity index is 2.12. The lowest BCUT2D eigenvalue weighted by atomic mass is 9.98. The molecule has 10 heteroatoms. The lowest BCUT2D eigenvalue weighted by Crippen LogP contribution is -2.15. The van der Waals surface area contributed by atoms with Crippen LogP contribution in [-0.2, 0) is 9.84 Å². The minimum absolute atomic E-state index is 0.0797. The fourth-order valence-electron chi connectivity index (χ4n) is 2.63. The van der Waals surface area contributed by atoms with Crippen LogP contribution in [-0.4, -0.2) is 24.6 Å². The number of nitrogen functional groups attached to an aromatic ring is 1. The van der Waals surface area contributed by atoms with Gasteiger partial charge in [-0.1, -0.05) is 29.8 Å². The molecule has 1 aromatic heterocycles. The summed E-state index contributed by atoms with van der Waals surface area (Å²) in [5.41, 5.74) is 6.44. The van der Waals surface area contributed by atoms with Crippen LogP contribution in [0.4, 0.5) is 20.5 Å². The zero-order valence-electron chi connectivity index (χ0n) is 14.5. The Labute approximate surface area is 165 Å². The summed E-state index contributed by atoms with van der Waals surface area (Å²) >= 11 is 5.90. The molecule has 0 radical (unpaired) electrons. The largest absolute Gasteiger partial charge is 0.368 e. The maximum absolute atomic E-state index is 13.8. The van der Waals surface area contributed by atoms with E-state index < -0.39 is 27.5 Å². The van der Waals surface area contributed by atoms with Crippen molar-refractivity contribution < 1.29 is 17.2 Å². The Kier molecular flexibility index (Phi) is 5.48. The van der Waals surface area contributed by atoms with Crippen LogP contribution in [0, 0.1) is 11.6 Å². The topological polar surface area (TPSA) is 98.0 Å². The number of sulfone groups is 1. The highest BCUT2D eigenvalue weighted by Gasteiger charge is 2.19. The average Bonchev–Trinajstić information content (AvgIpc) is 2.61. The van der Waals surface area contributed by atoms with Gasteiger partial charge in [0.25, 0.3) is 0 Å². The summed E-state index contributed by atoms with van der Waals surface area (Å²) in [6.45, 7) is 0.